The molecule has 4 nitrogen and oxygen atoms in total. The highest BCUT2D eigenvalue weighted by Gasteiger charge is 2.10. The van der Waals surface area contributed by atoms with Gasteiger partial charge in [-0.15, -0.1) is 0 Å². The van der Waals surface area contributed by atoms with Crippen LogP contribution < -0.4 is 15.8 Å². The van der Waals surface area contributed by atoms with Gasteiger partial charge in [0.25, 0.3) is 5.91 Å². The van der Waals surface area contributed by atoms with E-state index in [0.717, 1.165) is 18.4 Å². The lowest BCUT2D eigenvalue weighted by Gasteiger charge is -2.15. The number of rotatable bonds is 6. The second-order valence-electron chi connectivity index (χ2n) is 4.36. The van der Waals surface area contributed by atoms with E-state index in [4.69, 9.17) is 10.5 Å². The first kappa shape index (κ1) is 14.4. The third kappa shape index (κ3) is 3.95. The predicted molar refractivity (Wildman–Crippen MR) is 73.6 cm³/mol. The summed E-state index contributed by atoms with van der Waals surface area (Å²) in [5.41, 5.74) is 7.41. The summed E-state index contributed by atoms with van der Waals surface area (Å²) in [6.45, 7) is 6.01. The number of hydrogen-bond donors (Lipinski definition) is 2. The van der Waals surface area contributed by atoms with Crippen molar-refractivity contribution in [1.29, 1.82) is 0 Å². The van der Waals surface area contributed by atoms with Gasteiger partial charge in [-0.05, 0) is 31.4 Å². The number of aryl methyl sites for hydroxylation is 1. The molecule has 1 aromatic rings. The summed E-state index contributed by atoms with van der Waals surface area (Å²) >= 11 is 0. The number of amides is 1. The number of carbonyl (C=O) groups excluding carboxylic acids is 1. The fourth-order valence-corrected chi connectivity index (χ4v) is 1.69. The number of benzene rings is 1. The Morgan fingerprint density at radius 1 is 1.39 bits per heavy atom. The number of nitrogen functional groups attached to an aromatic ring is 1. The average molecular weight is 250 g/mol. The zero-order valence-corrected chi connectivity index (χ0v) is 11.3. The van der Waals surface area contributed by atoms with Crippen LogP contribution in [0.4, 0.5) is 5.69 Å². The summed E-state index contributed by atoms with van der Waals surface area (Å²) in [4.78, 5) is 11.7. The molecule has 0 bridgehead atoms. The van der Waals surface area contributed by atoms with E-state index in [1.165, 1.54) is 0 Å². The lowest BCUT2D eigenvalue weighted by molar-refractivity contribution is -0.123. The predicted octanol–water partition coefficient (Wildman–Crippen LogP) is 2.26. The van der Waals surface area contributed by atoms with Crippen LogP contribution in [0.2, 0.25) is 0 Å². The van der Waals surface area contributed by atoms with Crippen LogP contribution in [0, 0.1) is 6.92 Å². The number of ether oxygens (including phenoxy) is 1. The van der Waals surface area contributed by atoms with E-state index in [2.05, 4.69) is 5.32 Å². The maximum atomic E-state index is 11.7. The molecule has 1 aromatic carbocycles. The van der Waals surface area contributed by atoms with Gasteiger partial charge in [0.2, 0.25) is 0 Å². The normalized spacial score (nSPS) is 10.4. The van der Waals surface area contributed by atoms with Crippen molar-refractivity contribution in [2.45, 2.75) is 39.7 Å². The second-order valence-corrected chi connectivity index (χ2v) is 4.36. The first-order valence-corrected chi connectivity index (χ1v) is 6.35. The lowest BCUT2D eigenvalue weighted by atomic mass is 10.2. The molecule has 4 heteroatoms. The molecular weight excluding hydrogens is 228 g/mol. The van der Waals surface area contributed by atoms with E-state index in [1.54, 1.807) is 6.07 Å². The van der Waals surface area contributed by atoms with Gasteiger partial charge >= 0.3 is 0 Å². The first-order valence-electron chi connectivity index (χ1n) is 6.35. The van der Waals surface area contributed by atoms with E-state index in [9.17, 15) is 4.79 Å². The molecule has 0 radical (unpaired) electrons. The van der Waals surface area contributed by atoms with E-state index < -0.39 is 0 Å². The summed E-state index contributed by atoms with van der Waals surface area (Å²) < 4.78 is 5.43. The Bertz CT molecular complexity index is 401. The highest BCUT2D eigenvalue weighted by Crippen LogP contribution is 2.24. The molecule has 18 heavy (non-hydrogen) atoms. The van der Waals surface area contributed by atoms with Gasteiger partial charge in [0, 0.05) is 6.04 Å². The molecule has 0 aliphatic rings. The Balaban J connectivity index is 2.50. The maximum Gasteiger partial charge on any atom is 0.258 e. The van der Waals surface area contributed by atoms with Crippen molar-refractivity contribution in [3.05, 3.63) is 23.8 Å². The minimum atomic E-state index is -0.107. The van der Waals surface area contributed by atoms with Gasteiger partial charge in [-0.3, -0.25) is 4.79 Å². The van der Waals surface area contributed by atoms with Crippen molar-refractivity contribution < 1.29 is 9.53 Å². The summed E-state index contributed by atoms with van der Waals surface area (Å²) in [5, 5.41) is 2.92. The van der Waals surface area contributed by atoms with E-state index in [-0.39, 0.29) is 18.6 Å². The standard InChI is InChI=1S/C14H22N2O2/c1-4-11(5-2)16-13(17)9-18-12-8-6-7-10(3)14(12)15/h6-8,11H,4-5,9,15H2,1-3H3,(H,16,17). The molecular formula is C14H22N2O2. The van der Waals surface area contributed by atoms with Gasteiger partial charge in [-0.2, -0.15) is 0 Å². The molecule has 0 unspecified atom stereocenters. The van der Waals surface area contributed by atoms with Crippen LogP contribution in [0.15, 0.2) is 18.2 Å². The average Bonchev–Trinajstić information content (AvgIpc) is 2.37. The number of para-hydroxylation sites is 1. The Labute approximate surface area is 109 Å². The zero-order valence-electron chi connectivity index (χ0n) is 11.3. The molecule has 1 rings (SSSR count). The fourth-order valence-electron chi connectivity index (χ4n) is 1.69. The molecule has 0 fully saturated rings. The summed E-state index contributed by atoms with van der Waals surface area (Å²) in [7, 11) is 0. The van der Waals surface area contributed by atoms with E-state index in [1.807, 2.05) is 32.9 Å². The highest BCUT2D eigenvalue weighted by molar-refractivity contribution is 5.78. The number of hydrogen-bond acceptors (Lipinski definition) is 3. The van der Waals surface area contributed by atoms with Crippen LogP contribution in [0.25, 0.3) is 0 Å². The molecule has 0 saturated heterocycles. The topological polar surface area (TPSA) is 64.3 Å². The second kappa shape index (κ2) is 6.89. The van der Waals surface area contributed by atoms with Crippen LogP contribution >= 0.6 is 0 Å². The fraction of sp³-hybridized carbons (Fsp3) is 0.500. The van der Waals surface area contributed by atoms with Crippen LogP contribution in [0.1, 0.15) is 32.3 Å². The van der Waals surface area contributed by atoms with Crippen LogP contribution in [-0.2, 0) is 4.79 Å². The maximum absolute atomic E-state index is 11.7. The summed E-state index contributed by atoms with van der Waals surface area (Å²) in [6.07, 6.45) is 1.85. The van der Waals surface area contributed by atoms with Crippen molar-refractivity contribution in [1.82, 2.24) is 5.32 Å². The van der Waals surface area contributed by atoms with Gasteiger partial charge in [0.05, 0.1) is 5.69 Å². The van der Waals surface area contributed by atoms with Gasteiger partial charge in [0.1, 0.15) is 5.75 Å². The minimum Gasteiger partial charge on any atom is -0.482 e. The molecule has 0 saturated carbocycles. The monoisotopic (exact) mass is 250 g/mol. The highest BCUT2D eigenvalue weighted by atomic mass is 16.5. The van der Waals surface area contributed by atoms with Crippen molar-refractivity contribution in [3.8, 4) is 5.75 Å². The van der Waals surface area contributed by atoms with E-state index in [0.29, 0.717) is 11.4 Å². The molecule has 0 heterocycles. The molecule has 0 atom stereocenters. The number of nitrogens with one attached hydrogen (secondary N) is 1. The third-order valence-electron chi connectivity index (χ3n) is 2.99. The first-order chi connectivity index (χ1) is 8.58. The molecule has 0 aliphatic heterocycles. The van der Waals surface area contributed by atoms with Crippen molar-refractivity contribution >= 4 is 11.6 Å². The van der Waals surface area contributed by atoms with Gasteiger partial charge in [-0.25, -0.2) is 0 Å². The Morgan fingerprint density at radius 2 is 2.06 bits per heavy atom. The van der Waals surface area contributed by atoms with Gasteiger partial charge < -0.3 is 15.8 Å². The smallest absolute Gasteiger partial charge is 0.258 e. The molecule has 0 aromatic heterocycles. The summed E-state index contributed by atoms with van der Waals surface area (Å²) in [5.74, 6) is 0.458. The van der Waals surface area contributed by atoms with Crippen molar-refractivity contribution in [2.75, 3.05) is 12.3 Å². The SMILES string of the molecule is CCC(CC)NC(=O)COc1cccc(C)c1N. The Hall–Kier alpha value is -1.71. The Morgan fingerprint density at radius 3 is 2.67 bits per heavy atom. The zero-order chi connectivity index (χ0) is 13.5. The van der Waals surface area contributed by atoms with Gasteiger partial charge in [-0.1, -0.05) is 26.0 Å². The molecule has 0 spiro atoms. The molecule has 100 valence electrons. The third-order valence-corrected chi connectivity index (χ3v) is 2.99. The van der Waals surface area contributed by atoms with Crippen molar-refractivity contribution in [3.63, 3.8) is 0 Å². The summed E-state index contributed by atoms with van der Waals surface area (Å²) in [6, 6.07) is 5.76. The van der Waals surface area contributed by atoms with Crippen molar-refractivity contribution in [2.24, 2.45) is 0 Å². The molecule has 3 N–H and O–H groups in total. The number of carbonyl (C=O) groups is 1. The number of anilines is 1. The molecule has 1 amide bonds. The molecule has 0 aliphatic carbocycles. The van der Waals surface area contributed by atoms with Crippen LogP contribution in [0.5, 0.6) is 5.75 Å². The van der Waals surface area contributed by atoms with Gasteiger partial charge in [0.15, 0.2) is 6.61 Å². The van der Waals surface area contributed by atoms with Crippen LogP contribution in [0.3, 0.4) is 0 Å². The van der Waals surface area contributed by atoms with E-state index >= 15 is 0 Å². The Kier molecular flexibility index (Phi) is 5.49. The number of nitrogens with two attached hydrogens (primary N) is 1. The lowest BCUT2D eigenvalue weighted by Crippen LogP contribution is -2.37. The van der Waals surface area contributed by atoms with Crippen LogP contribution in [-0.4, -0.2) is 18.6 Å². The quantitative estimate of drug-likeness (QED) is 0.761. The minimum absolute atomic E-state index is 0.00412. The largest absolute Gasteiger partial charge is 0.482 e.